The Hall–Kier alpha value is -2.62. The molecule has 0 unspecified atom stereocenters. The SMILES string of the molecule is Cc1cc(C)c(NC(=O)CC(=O)Nc2ccccc2C)c(C)c1. The maximum atomic E-state index is 12.1. The molecule has 0 radical (unpaired) electrons. The van der Waals surface area contributed by atoms with Gasteiger partial charge in [0.2, 0.25) is 11.8 Å². The van der Waals surface area contributed by atoms with E-state index in [2.05, 4.69) is 10.6 Å². The summed E-state index contributed by atoms with van der Waals surface area (Å²) in [6, 6.07) is 11.5. The molecule has 2 aromatic carbocycles. The molecule has 0 fully saturated rings. The summed E-state index contributed by atoms with van der Waals surface area (Å²) in [5.41, 5.74) is 5.62. The molecule has 2 amide bonds. The van der Waals surface area contributed by atoms with Gasteiger partial charge >= 0.3 is 0 Å². The maximum absolute atomic E-state index is 12.1. The highest BCUT2D eigenvalue weighted by atomic mass is 16.2. The monoisotopic (exact) mass is 310 g/mol. The van der Waals surface area contributed by atoms with Crippen LogP contribution in [0.5, 0.6) is 0 Å². The molecule has 0 atom stereocenters. The molecule has 0 aromatic heterocycles. The molecule has 0 saturated carbocycles. The molecule has 0 spiro atoms. The smallest absolute Gasteiger partial charge is 0.233 e. The van der Waals surface area contributed by atoms with Gasteiger partial charge in [-0.05, 0) is 50.5 Å². The molecule has 0 bridgehead atoms. The van der Waals surface area contributed by atoms with Crippen LogP contribution in [0.25, 0.3) is 0 Å². The summed E-state index contributed by atoms with van der Waals surface area (Å²) < 4.78 is 0. The summed E-state index contributed by atoms with van der Waals surface area (Å²) in [6.45, 7) is 7.82. The topological polar surface area (TPSA) is 58.2 Å². The molecule has 120 valence electrons. The van der Waals surface area contributed by atoms with Crippen LogP contribution in [0.1, 0.15) is 28.7 Å². The van der Waals surface area contributed by atoms with Crippen molar-refractivity contribution >= 4 is 23.2 Å². The van der Waals surface area contributed by atoms with Crippen molar-refractivity contribution in [2.24, 2.45) is 0 Å². The maximum Gasteiger partial charge on any atom is 0.233 e. The highest BCUT2D eigenvalue weighted by molar-refractivity contribution is 6.08. The third kappa shape index (κ3) is 4.42. The van der Waals surface area contributed by atoms with Crippen LogP contribution in [0.4, 0.5) is 11.4 Å². The number of carbonyl (C=O) groups excluding carboxylic acids is 2. The van der Waals surface area contributed by atoms with Crippen molar-refractivity contribution in [2.45, 2.75) is 34.1 Å². The number of hydrogen-bond donors (Lipinski definition) is 2. The number of hydrogen-bond acceptors (Lipinski definition) is 2. The van der Waals surface area contributed by atoms with E-state index in [1.165, 1.54) is 0 Å². The van der Waals surface area contributed by atoms with E-state index >= 15 is 0 Å². The first kappa shape index (κ1) is 16.7. The molecule has 0 aliphatic rings. The summed E-state index contributed by atoms with van der Waals surface area (Å²) >= 11 is 0. The van der Waals surface area contributed by atoms with Gasteiger partial charge in [0.1, 0.15) is 6.42 Å². The molecule has 2 rings (SSSR count). The van der Waals surface area contributed by atoms with Crippen LogP contribution >= 0.6 is 0 Å². The van der Waals surface area contributed by atoms with Crippen molar-refractivity contribution in [3.8, 4) is 0 Å². The fourth-order valence-electron chi connectivity index (χ4n) is 2.61. The predicted octanol–water partition coefficient (Wildman–Crippen LogP) is 3.89. The van der Waals surface area contributed by atoms with Crippen molar-refractivity contribution in [2.75, 3.05) is 10.6 Å². The van der Waals surface area contributed by atoms with E-state index in [0.29, 0.717) is 0 Å². The minimum absolute atomic E-state index is 0.207. The van der Waals surface area contributed by atoms with Crippen LogP contribution in [-0.4, -0.2) is 11.8 Å². The van der Waals surface area contributed by atoms with Gasteiger partial charge in [-0.15, -0.1) is 0 Å². The van der Waals surface area contributed by atoms with Crippen molar-refractivity contribution in [3.63, 3.8) is 0 Å². The number of anilines is 2. The van der Waals surface area contributed by atoms with Gasteiger partial charge in [-0.3, -0.25) is 9.59 Å². The molecule has 4 heteroatoms. The number of nitrogens with one attached hydrogen (secondary N) is 2. The van der Waals surface area contributed by atoms with Crippen molar-refractivity contribution in [1.82, 2.24) is 0 Å². The average Bonchev–Trinajstić information content (AvgIpc) is 2.45. The lowest BCUT2D eigenvalue weighted by atomic mass is 10.0. The molecule has 0 aliphatic carbocycles. The molecule has 23 heavy (non-hydrogen) atoms. The molecule has 0 aliphatic heterocycles. The second-order valence-electron chi connectivity index (χ2n) is 5.86. The molecule has 0 heterocycles. The van der Waals surface area contributed by atoms with Crippen LogP contribution in [0.15, 0.2) is 36.4 Å². The van der Waals surface area contributed by atoms with Crippen molar-refractivity contribution < 1.29 is 9.59 Å². The minimum Gasteiger partial charge on any atom is -0.325 e. The third-order valence-electron chi connectivity index (χ3n) is 3.68. The zero-order valence-electron chi connectivity index (χ0n) is 14.0. The fraction of sp³-hybridized carbons (Fsp3) is 0.263. The number of carbonyl (C=O) groups is 2. The molecule has 0 saturated heterocycles. The van der Waals surface area contributed by atoms with Crippen molar-refractivity contribution in [3.05, 3.63) is 58.7 Å². The standard InChI is InChI=1S/C19H22N2O2/c1-12-9-14(3)19(15(4)10-12)21-18(23)11-17(22)20-16-8-6-5-7-13(16)2/h5-10H,11H2,1-4H3,(H,20,22)(H,21,23). The fourth-order valence-corrected chi connectivity index (χ4v) is 2.61. The summed E-state index contributed by atoms with van der Waals surface area (Å²) in [7, 11) is 0. The highest BCUT2D eigenvalue weighted by Gasteiger charge is 2.13. The first-order valence-corrected chi connectivity index (χ1v) is 7.60. The third-order valence-corrected chi connectivity index (χ3v) is 3.68. The largest absolute Gasteiger partial charge is 0.325 e. The summed E-state index contributed by atoms with van der Waals surface area (Å²) in [5.74, 6) is -0.634. The first-order valence-electron chi connectivity index (χ1n) is 7.60. The normalized spacial score (nSPS) is 10.3. The number of rotatable bonds is 4. The summed E-state index contributed by atoms with van der Waals surface area (Å²) in [5, 5.41) is 5.60. The summed E-state index contributed by atoms with van der Waals surface area (Å²) in [4.78, 5) is 24.1. The van der Waals surface area contributed by atoms with Gasteiger partial charge in [0.05, 0.1) is 0 Å². The number of para-hydroxylation sites is 1. The quantitative estimate of drug-likeness (QED) is 0.842. The van der Waals surface area contributed by atoms with E-state index < -0.39 is 0 Å². The van der Waals surface area contributed by atoms with Gasteiger partial charge in [-0.1, -0.05) is 35.9 Å². The molecular weight excluding hydrogens is 288 g/mol. The van der Waals surface area contributed by atoms with E-state index in [0.717, 1.165) is 33.6 Å². The van der Waals surface area contributed by atoms with E-state index in [-0.39, 0.29) is 18.2 Å². The Morgan fingerprint density at radius 1 is 0.826 bits per heavy atom. The lowest BCUT2D eigenvalue weighted by Crippen LogP contribution is -2.22. The first-order chi connectivity index (χ1) is 10.9. The Morgan fingerprint density at radius 2 is 1.39 bits per heavy atom. The second-order valence-corrected chi connectivity index (χ2v) is 5.86. The van der Waals surface area contributed by atoms with Gasteiger partial charge < -0.3 is 10.6 Å². The van der Waals surface area contributed by atoms with Gasteiger partial charge in [-0.25, -0.2) is 0 Å². The Bertz CT molecular complexity index is 728. The number of benzene rings is 2. The van der Waals surface area contributed by atoms with Crippen LogP contribution in [0.2, 0.25) is 0 Å². The van der Waals surface area contributed by atoms with Gasteiger partial charge in [0.15, 0.2) is 0 Å². The Balaban J connectivity index is 2.00. The molecule has 2 aromatic rings. The average molecular weight is 310 g/mol. The second kappa shape index (κ2) is 7.09. The minimum atomic E-state index is -0.320. The van der Waals surface area contributed by atoms with Crippen LogP contribution in [0.3, 0.4) is 0 Å². The van der Waals surface area contributed by atoms with Crippen LogP contribution < -0.4 is 10.6 Å². The zero-order chi connectivity index (χ0) is 17.0. The summed E-state index contributed by atoms with van der Waals surface area (Å²) in [6.07, 6.45) is -0.207. The predicted molar refractivity (Wildman–Crippen MR) is 93.7 cm³/mol. The van der Waals surface area contributed by atoms with Gasteiger partial charge in [0.25, 0.3) is 0 Å². The van der Waals surface area contributed by atoms with Gasteiger partial charge in [-0.2, -0.15) is 0 Å². The molecular formula is C19H22N2O2. The lowest BCUT2D eigenvalue weighted by Gasteiger charge is -2.13. The molecule has 2 N–H and O–H groups in total. The zero-order valence-corrected chi connectivity index (χ0v) is 14.0. The van der Waals surface area contributed by atoms with E-state index in [1.54, 1.807) is 0 Å². The lowest BCUT2D eigenvalue weighted by molar-refractivity contribution is -0.123. The van der Waals surface area contributed by atoms with Crippen LogP contribution in [0, 0.1) is 27.7 Å². The number of amides is 2. The van der Waals surface area contributed by atoms with E-state index in [1.807, 2.05) is 64.1 Å². The Labute approximate surface area is 136 Å². The Kier molecular flexibility index (Phi) is 5.16. The molecule has 4 nitrogen and oxygen atoms in total. The van der Waals surface area contributed by atoms with Crippen LogP contribution in [-0.2, 0) is 9.59 Å². The highest BCUT2D eigenvalue weighted by Crippen LogP contribution is 2.22. The van der Waals surface area contributed by atoms with E-state index in [9.17, 15) is 9.59 Å². The number of aryl methyl sites for hydroxylation is 4. The van der Waals surface area contributed by atoms with E-state index in [4.69, 9.17) is 0 Å². The van der Waals surface area contributed by atoms with Crippen molar-refractivity contribution in [1.29, 1.82) is 0 Å². The Morgan fingerprint density at radius 3 is 2.00 bits per heavy atom. The van der Waals surface area contributed by atoms with Gasteiger partial charge in [0, 0.05) is 11.4 Å².